The number of hydrogen-bond donors (Lipinski definition) is 1. The fraction of sp³-hybridized carbons (Fsp3) is 0.182. The molecule has 74 valence electrons. The summed E-state index contributed by atoms with van der Waals surface area (Å²) in [5.74, 6) is 0.697. The SMILES string of the molecule is C=CCOc1ccccc1/C(C)=N/O. The normalized spacial score (nSPS) is 11.1. The van der Waals surface area contributed by atoms with Gasteiger partial charge in [-0.1, -0.05) is 29.9 Å². The van der Waals surface area contributed by atoms with Gasteiger partial charge in [0.2, 0.25) is 0 Å². The third kappa shape index (κ3) is 2.36. The molecule has 0 atom stereocenters. The summed E-state index contributed by atoms with van der Waals surface area (Å²) in [6.45, 7) is 5.72. The van der Waals surface area contributed by atoms with E-state index >= 15 is 0 Å². The maximum atomic E-state index is 8.65. The van der Waals surface area contributed by atoms with Crippen molar-refractivity contribution < 1.29 is 9.94 Å². The van der Waals surface area contributed by atoms with Gasteiger partial charge in [0.1, 0.15) is 12.4 Å². The first kappa shape index (κ1) is 10.3. The van der Waals surface area contributed by atoms with Crippen LogP contribution >= 0.6 is 0 Å². The molecule has 0 amide bonds. The maximum absolute atomic E-state index is 8.65. The number of rotatable bonds is 4. The first-order chi connectivity index (χ1) is 6.79. The molecule has 0 bridgehead atoms. The number of benzene rings is 1. The highest BCUT2D eigenvalue weighted by molar-refractivity contribution is 6.00. The largest absolute Gasteiger partial charge is 0.489 e. The molecule has 0 aliphatic rings. The summed E-state index contributed by atoms with van der Waals surface area (Å²) in [7, 11) is 0. The van der Waals surface area contributed by atoms with Gasteiger partial charge < -0.3 is 9.94 Å². The third-order valence-electron chi connectivity index (χ3n) is 1.78. The van der Waals surface area contributed by atoms with Gasteiger partial charge in [-0.2, -0.15) is 0 Å². The lowest BCUT2D eigenvalue weighted by molar-refractivity contribution is 0.318. The summed E-state index contributed by atoms with van der Waals surface area (Å²) in [5, 5.41) is 11.8. The van der Waals surface area contributed by atoms with E-state index in [1.54, 1.807) is 13.0 Å². The van der Waals surface area contributed by atoms with Gasteiger partial charge in [0.15, 0.2) is 0 Å². The lowest BCUT2D eigenvalue weighted by Crippen LogP contribution is -2.01. The predicted molar refractivity (Wildman–Crippen MR) is 56.1 cm³/mol. The van der Waals surface area contributed by atoms with Gasteiger partial charge in [-0.15, -0.1) is 0 Å². The van der Waals surface area contributed by atoms with Crippen molar-refractivity contribution >= 4 is 5.71 Å². The van der Waals surface area contributed by atoms with Gasteiger partial charge in [0, 0.05) is 5.56 Å². The minimum Gasteiger partial charge on any atom is -0.489 e. The van der Waals surface area contributed by atoms with Crippen molar-refractivity contribution in [3.05, 3.63) is 42.5 Å². The average Bonchev–Trinajstić information content (AvgIpc) is 2.25. The smallest absolute Gasteiger partial charge is 0.128 e. The Morgan fingerprint density at radius 3 is 2.93 bits per heavy atom. The molecule has 0 fully saturated rings. The second-order valence-corrected chi connectivity index (χ2v) is 2.78. The van der Waals surface area contributed by atoms with Crippen molar-refractivity contribution in [3.8, 4) is 5.75 Å². The van der Waals surface area contributed by atoms with Gasteiger partial charge in [-0.05, 0) is 19.1 Å². The molecule has 0 heterocycles. The zero-order valence-electron chi connectivity index (χ0n) is 8.10. The summed E-state index contributed by atoms with van der Waals surface area (Å²) in [4.78, 5) is 0. The third-order valence-corrected chi connectivity index (χ3v) is 1.78. The molecule has 1 aromatic rings. The summed E-state index contributed by atoms with van der Waals surface area (Å²) < 4.78 is 5.40. The van der Waals surface area contributed by atoms with Crippen LogP contribution in [0.5, 0.6) is 5.75 Å². The van der Waals surface area contributed by atoms with Crippen LogP contribution in [0.2, 0.25) is 0 Å². The highest BCUT2D eigenvalue weighted by Crippen LogP contribution is 2.18. The van der Waals surface area contributed by atoms with E-state index in [-0.39, 0.29) is 0 Å². The molecule has 0 radical (unpaired) electrons. The fourth-order valence-corrected chi connectivity index (χ4v) is 1.09. The van der Waals surface area contributed by atoms with Crippen LogP contribution < -0.4 is 4.74 Å². The summed E-state index contributed by atoms with van der Waals surface area (Å²) in [6.07, 6.45) is 1.67. The van der Waals surface area contributed by atoms with Crippen LogP contribution in [0.25, 0.3) is 0 Å². The van der Waals surface area contributed by atoms with E-state index in [4.69, 9.17) is 9.94 Å². The summed E-state index contributed by atoms with van der Waals surface area (Å²) >= 11 is 0. The van der Waals surface area contributed by atoms with Gasteiger partial charge in [-0.25, -0.2) is 0 Å². The second kappa shape index (κ2) is 5.07. The monoisotopic (exact) mass is 191 g/mol. The highest BCUT2D eigenvalue weighted by Gasteiger charge is 2.05. The van der Waals surface area contributed by atoms with Crippen LogP contribution in [0, 0.1) is 0 Å². The molecular formula is C11H13NO2. The van der Waals surface area contributed by atoms with E-state index in [2.05, 4.69) is 11.7 Å². The second-order valence-electron chi connectivity index (χ2n) is 2.78. The van der Waals surface area contributed by atoms with Gasteiger partial charge in [-0.3, -0.25) is 0 Å². The highest BCUT2D eigenvalue weighted by atomic mass is 16.5. The zero-order valence-corrected chi connectivity index (χ0v) is 8.10. The minimum atomic E-state index is 0.440. The Hall–Kier alpha value is -1.77. The molecule has 14 heavy (non-hydrogen) atoms. The molecule has 3 heteroatoms. The van der Waals surface area contributed by atoms with Crippen molar-refractivity contribution in [3.63, 3.8) is 0 Å². The lowest BCUT2D eigenvalue weighted by atomic mass is 10.1. The Labute approximate surface area is 83.3 Å². The van der Waals surface area contributed by atoms with Crippen LogP contribution in [0.3, 0.4) is 0 Å². The van der Waals surface area contributed by atoms with E-state index in [1.807, 2.05) is 24.3 Å². The molecule has 1 rings (SSSR count). The molecule has 3 nitrogen and oxygen atoms in total. The Bertz CT molecular complexity index is 345. The Balaban J connectivity index is 2.96. The molecule has 0 saturated heterocycles. The van der Waals surface area contributed by atoms with E-state index < -0.39 is 0 Å². The quantitative estimate of drug-likeness (QED) is 0.344. The lowest BCUT2D eigenvalue weighted by Gasteiger charge is -2.08. The Morgan fingerprint density at radius 2 is 2.29 bits per heavy atom. The minimum absolute atomic E-state index is 0.440. The van der Waals surface area contributed by atoms with Crippen LogP contribution in [-0.2, 0) is 0 Å². The molecule has 0 aliphatic heterocycles. The van der Waals surface area contributed by atoms with Crippen molar-refractivity contribution in [2.24, 2.45) is 5.16 Å². The van der Waals surface area contributed by atoms with Crippen molar-refractivity contribution in [2.75, 3.05) is 6.61 Å². The molecule has 0 spiro atoms. The van der Waals surface area contributed by atoms with Crippen molar-refractivity contribution in [1.29, 1.82) is 0 Å². The van der Waals surface area contributed by atoms with Crippen molar-refractivity contribution in [2.45, 2.75) is 6.92 Å². The van der Waals surface area contributed by atoms with Gasteiger partial charge in [0.05, 0.1) is 5.71 Å². The molecule has 0 aromatic heterocycles. The molecule has 1 N–H and O–H groups in total. The molecular weight excluding hydrogens is 178 g/mol. The average molecular weight is 191 g/mol. The first-order valence-corrected chi connectivity index (χ1v) is 4.31. The Morgan fingerprint density at radius 1 is 1.57 bits per heavy atom. The maximum Gasteiger partial charge on any atom is 0.128 e. The number of oxime groups is 1. The molecule has 0 aliphatic carbocycles. The van der Waals surface area contributed by atoms with Gasteiger partial charge in [0.25, 0.3) is 0 Å². The predicted octanol–water partition coefficient (Wildman–Crippen LogP) is 2.45. The standard InChI is InChI=1S/C11H13NO2/c1-3-8-14-11-7-5-4-6-10(11)9(2)12-13/h3-7,13H,1,8H2,2H3/b12-9+. The van der Waals surface area contributed by atoms with Gasteiger partial charge >= 0.3 is 0 Å². The van der Waals surface area contributed by atoms with Crippen molar-refractivity contribution in [1.82, 2.24) is 0 Å². The number of nitrogens with zero attached hydrogens (tertiary/aromatic N) is 1. The topological polar surface area (TPSA) is 41.8 Å². The fourth-order valence-electron chi connectivity index (χ4n) is 1.09. The number of para-hydroxylation sites is 1. The van der Waals surface area contributed by atoms with E-state index in [9.17, 15) is 0 Å². The van der Waals surface area contributed by atoms with Crippen LogP contribution in [0.15, 0.2) is 42.1 Å². The summed E-state index contributed by atoms with van der Waals surface area (Å²) in [5.41, 5.74) is 1.32. The van der Waals surface area contributed by atoms with Crippen LogP contribution in [0.1, 0.15) is 12.5 Å². The zero-order chi connectivity index (χ0) is 10.4. The number of ether oxygens (including phenoxy) is 1. The molecule has 0 unspecified atom stereocenters. The molecule has 1 aromatic carbocycles. The van der Waals surface area contributed by atoms with E-state index in [0.29, 0.717) is 18.1 Å². The van der Waals surface area contributed by atoms with E-state index in [1.165, 1.54) is 0 Å². The summed E-state index contributed by atoms with van der Waals surface area (Å²) in [6, 6.07) is 7.40. The van der Waals surface area contributed by atoms with Crippen LogP contribution in [0.4, 0.5) is 0 Å². The first-order valence-electron chi connectivity index (χ1n) is 4.31. The van der Waals surface area contributed by atoms with E-state index in [0.717, 1.165) is 5.56 Å². The number of hydrogen-bond acceptors (Lipinski definition) is 3. The Kier molecular flexibility index (Phi) is 3.73. The van der Waals surface area contributed by atoms with Crippen LogP contribution in [-0.4, -0.2) is 17.5 Å². The molecule has 0 saturated carbocycles.